The number of hydrogen-bond acceptors (Lipinski definition) is 3. The van der Waals surface area contributed by atoms with Crippen LogP contribution in [0.3, 0.4) is 0 Å². The van der Waals surface area contributed by atoms with Gasteiger partial charge in [-0.05, 0) is 31.6 Å². The first-order valence-corrected chi connectivity index (χ1v) is 8.03. The van der Waals surface area contributed by atoms with Gasteiger partial charge in [-0.2, -0.15) is 5.26 Å². The van der Waals surface area contributed by atoms with E-state index >= 15 is 0 Å². The van der Waals surface area contributed by atoms with Crippen LogP contribution in [-0.4, -0.2) is 48.4 Å². The summed E-state index contributed by atoms with van der Waals surface area (Å²) in [7, 11) is 1.88. The van der Waals surface area contributed by atoms with Crippen molar-refractivity contribution in [2.45, 2.75) is 51.5 Å². The molecule has 2 rings (SSSR count). The van der Waals surface area contributed by atoms with Crippen LogP contribution in [0.2, 0.25) is 0 Å². The molecule has 0 bridgehead atoms. The van der Waals surface area contributed by atoms with E-state index in [1.807, 2.05) is 11.9 Å². The first kappa shape index (κ1) is 15.3. The SMILES string of the molecule is CCCC1CCC(C#N)C(N2CCCN(C)C(=O)C2)C1. The van der Waals surface area contributed by atoms with Gasteiger partial charge in [0.2, 0.25) is 5.91 Å². The Kier molecular flexibility index (Phi) is 5.42. The second kappa shape index (κ2) is 7.08. The molecule has 2 fully saturated rings. The predicted octanol–water partition coefficient (Wildman–Crippen LogP) is 2.26. The highest BCUT2D eigenvalue weighted by atomic mass is 16.2. The molecule has 3 unspecified atom stereocenters. The second-order valence-electron chi connectivity index (χ2n) is 6.41. The Hall–Kier alpha value is -1.08. The Labute approximate surface area is 122 Å². The summed E-state index contributed by atoms with van der Waals surface area (Å²) in [5.41, 5.74) is 0. The van der Waals surface area contributed by atoms with Gasteiger partial charge in [-0.1, -0.05) is 19.8 Å². The van der Waals surface area contributed by atoms with Gasteiger partial charge in [0.15, 0.2) is 0 Å². The minimum Gasteiger partial charge on any atom is -0.345 e. The van der Waals surface area contributed by atoms with Crippen LogP contribution in [0.4, 0.5) is 0 Å². The van der Waals surface area contributed by atoms with Gasteiger partial charge in [-0.15, -0.1) is 0 Å². The van der Waals surface area contributed by atoms with Crippen molar-refractivity contribution in [2.75, 3.05) is 26.7 Å². The number of nitriles is 1. The maximum atomic E-state index is 12.1. The topological polar surface area (TPSA) is 47.3 Å². The fourth-order valence-electron chi connectivity index (χ4n) is 3.75. The lowest BCUT2D eigenvalue weighted by atomic mass is 9.76. The molecule has 0 spiro atoms. The van der Waals surface area contributed by atoms with Crippen LogP contribution in [-0.2, 0) is 4.79 Å². The molecule has 4 nitrogen and oxygen atoms in total. The maximum absolute atomic E-state index is 12.1. The van der Waals surface area contributed by atoms with E-state index in [9.17, 15) is 10.1 Å². The van der Waals surface area contributed by atoms with Crippen LogP contribution >= 0.6 is 0 Å². The van der Waals surface area contributed by atoms with E-state index in [0.717, 1.165) is 38.3 Å². The molecule has 1 aliphatic heterocycles. The summed E-state index contributed by atoms with van der Waals surface area (Å²) >= 11 is 0. The third-order valence-corrected chi connectivity index (χ3v) is 4.96. The number of nitrogens with zero attached hydrogens (tertiary/aromatic N) is 3. The summed E-state index contributed by atoms with van der Waals surface area (Å²) in [6, 6.07) is 2.79. The van der Waals surface area contributed by atoms with E-state index < -0.39 is 0 Å². The Bertz CT molecular complexity index is 376. The van der Waals surface area contributed by atoms with E-state index in [0.29, 0.717) is 12.6 Å². The first-order valence-electron chi connectivity index (χ1n) is 8.03. The van der Waals surface area contributed by atoms with Crippen LogP contribution in [0.15, 0.2) is 0 Å². The fraction of sp³-hybridized carbons (Fsp3) is 0.875. The Balaban J connectivity index is 2.06. The van der Waals surface area contributed by atoms with E-state index in [1.165, 1.54) is 19.3 Å². The molecule has 0 aromatic heterocycles. The molecular weight excluding hydrogens is 250 g/mol. The molecule has 1 aliphatic carbocycles. The fourth-order valence-corrected chi connectivity index (χ4v) is 3.75. The molecule has 0 aromatic carbocycles. The lowest BCUT2D eigenvalue weighted by molar-refractivity contribution is -0.130. The van der Waals surface area contributed by atoms with Crippen molar-refractivity contribution in [3.05, 3.63) is 0 Å². The molecule has 0 N–H and O–H groups in total. The van der Waals surface area contributed by atoms with E-state index in [1.54, 1.807) is 0 Å². The Morgan fingerprint density at radius 2 is 2.15 bits per heavy atom. The van der Waals surface area contributed by atoms with Crippen molar-refractivity contribution < 1.29 is 4.79 Å². The van der Waals surface area contributed by atoms with Crippen LogP contribution in [0.5, 0.6) is 0 Å². The molecule has 4 heteroatoms. The third-order valence-electron chi connectivity index (χ3n) is 4.96. The Morgan fingerprint density at radius 1 is 1.35 bits per heavy atom. The van der Waals surface area contributed by atoms with Crippen molar-refractivity contribution in [1.29, 1.82) is 5.26 Å². The molecule has 2 aliphatic rings. The van der Waals surface area contributed by atoms with Crippen molar-refractivity contribution >= 4 is 5.91 Å². The quantitative estimate of drug-likeness (QED) is 0.795. The van der Waals surface area contributed by atoms with Gasteiger partial charge in [0.05, 0.1) is 18.5 Å². The van der Waals surface area contributed by atoms with Gasteiger partial charge < -0.3 is 4.90 Å². The minimum absolute atomic E-state index is 0.110. The van der Waals surface area contributed by atoms with Crippen molar-refractivity contribution in [3.63, 3.8) is 0 Å². The molecule has 0 aromatic rings. The number of hydrogen-bond donors (Lipinski definition) is 0. The number of amides is 1. The van der Waals surface area contributed by atoms with Crippen molar-refractivity contribution in [3.8, 4) is 6.07 Å². The van der Waals surface area contributed by atoms with Crippen LogP contribution < -0.4 is 0 Å². The lowest BCUT2D eigenvalue weighted by Crippen LogP contribution is -2.47. The second-order valence-corrected chi connectivity index (χ2v) is 6.41. The smallest absolute Gasteiger partial charge is 0.236 e. The van der Waals surface area contributed by atoms with Gasteiger partial charge >= 0.3 is 0 Å². The molecule has 1 saturated carbocycles. The largest absolute Gasteiger partial charge is 0.345 e. The average molecular weight is 277 g/mol. The first-order chi connectivity index (χ1) is 9.65. The molecular formula is C16H27N3O. The third kappa shape index (κ3) is 3.52. The summed E-state index contributed by atoms with van der Waals surface area (Å²) in [5.74, 6) is 1.06. The summed E-state index contributed by atoms with van der Waals surface area (Å²) in [6.07, 6.45) is 6.79. The van der Waals surface area contributed by atoms with Gasteiger partial charge in [0.25, 0.3) is 0 Å². The minimum atomic E-state index is 0.110. The van der Waals surface area contributed by atoms with Crippen molar-refractivity contribution in [1.82, 2.24) is 9.80 Å². The summed E-state index contributed by atoms with van der Waals surface area (Å²) in [4.78, 5) is 16.2. The highest BCUT2D eigenvalue weighted by molar-refractivity contribution is 5.78. The standard InChI is InChI=1S/C16H27N3O/c1-3-5-13-6-7-14(11-17)15(10-13)19-9-4-8-18(2)16(20)12-19/h13-15H,3-10,12H2,1-2H3. The zero-order valence-electron chi connectivity index (χ0n) is 12.8. The van der Waals surface area contributed by atoms with E-state index in [4.69, 9.17) is 0 Å². The van der Waals surface area contributed by atoms with Gasteiger partial charge in [0, 0.05) is 26.2 Å². The van der Waals surface area contributed by atoms with Gasteiger partial charge in [-0.25, -0.2) is 0 Å². The van der Waals surface area contributed by atoms with Crippen LogP contribution in [0, 0.1) is 23.2 Å². The van der Waals surface area contributed by atoms with Gasteiger partial charge in [-0.3, -0.25) is 9.69 Å². The molecule has 20 heavy (non-hydrogen) atoms. The molecule has 0 radical (unpaired) electrons. The zero-order chi connectivity index (χ0) is 14.5. The molecule has 1 saturated heterocycles. The van der Waals surface area contributed by atoms with Crippen LogP contribution in [0.1, 0.15) is 45.4 Å². The van der Waals surface area contributed by atoms with E-state index in [2.05, 4.69) is 17.9 Å². The highest BCUT2D eigenvalue weighted by Crippen LogP contribution is 2.34. The number of carbonyl (C=O) groups excluding carboxylic acids is 1. The monoisotopic (exact) mass is 277 g/mol. The molecule has 3 atom stereocenters. The maximum Gasteiger partial charge on any atom is 0.236 e. The average Bonchev–Trinajstić information content (AvgIpc) is 2.61. The molecule has 1 amide bonds. The summed E-state index contributed by atoms with van der Waals surface area (Å²) in [6.45, 7) is 4.53. The summed E-state index contributed by atoms with van der Waals surface area (Å²) in [5, 5.41) is 9.42. The zero-order valence-corrected chi connectivity index (χ0v) is 12.8. The number of rotatable bonds is 3. The van der Waals surface area contributed by atoms with Gasteiger partial charge in [0.1, 0.15) is 0 Å². The lowest BCUT2D eigenvalue weighted by Gasteiger charge is -2.39. The number of likely N-dealkylation sites (N-methyl/N-ethyl adjacent to an activating group) is 1. The molecule has 112 valence electrons. The van der Waals surface area contributed by atoms with Crippen molar-refractivity contribution in [2.24, 2.45) is 11.8 Å². The normalized spacial score (nSPS) is 32.8. The molecule has 1 heterocycles. The Morgan fingerprint density at radius 3 is 2.85 bits per heavy atom. The number of carbonyl (C=O) groups is 1. The van der Waals surface area contributed by atoms with E-state index in [-0.39, 0.29) is 11.8 Å². The predicted molar refractivity (Wildman–Crippen MR) is 79.0 cm³/mol. The summed E-state index contributed by atoms with van der Waals surface area (Å²) < 4.78 is 0. The highest BCUT2D eigenvalue weighted by Gasteiger charge is 2.35. The van der Waals surface area contributed by atoms with Crippen LogP contribution in [0.25, 0.3) is 0 Å².